The minimum atomic E-state index is 0.0266. The van der Waals surface area contributed by atoms with E-state index in [9.17, 15) is 0 Å². The molecule has 0 unspecified atom stereocenters. The summed E-state index contributed by atoms with van der Waals surface area (Å²) in [4.78, 5) is 0. The third kappa shape index (κ3) is 2.61. The SMILES string of the molecule is C=C[C@H]1O[C@@H](CC)C[C@@H](Cl)[C@@H]1CCl. The number of alkyl halides is 2. The highest BCUT2D eigenvalue weighted by Gasteiger charge is 2.34. The van der Waals surface area contributed by atoms with Crippen LogP contribution in [0.3, 0.4) is 0 Å². The van der Waals surface area contributed by atoms with Gasteiger partial charge in [-0.2, -0.15) is 0 Å². The van der Waals surface area contributed by atoms with Gasteiger partial charge in [-0.25, -0.2) is 0 Å². The van der Waals surface area contributed by atoms with Crippen molar-refractivity contribution in [3.8, 4) is 0 Å². The van der Waals surface area contributed by atoms with Crippen molar-refractivity contribution < 1.29 is 4.74 Å². The van der Waals surface area contributed by atoms with Gasteiger partial charge in [-0.3, -0.25) is 0 Å². The molecule has 3 heteroatoms. The summed E-state index contributed by atoms with van der Waals surface area (Å²) >= 11 is 12.0. The maximum absolute atomic E-state index is 6.22. The predicted octanol–water partition coefficient (Wildman–Crippen LogP) is 3.20. The molecule has 0 radical (unpaired) electrons. The van der Waals surface area contributed by atoms with Crippen LogP contribution in [0, 0.1) is 5.92 Å². The van der Waals surface area contributed by atoms with Gasteiger partial charge < -0.3 is 4.74 Å². The number of hydrogen-bond donors (Lipinski definition) is 0. The molecule has 0 aromatic heterocycles. The van der Waals surface area contributed by atoms with Crippen LogP contribution in [-0.2, 0) is 4.74 Å². The molecule has 0 aromatic rings. The van der Waals surface area contributed by atoms with Gasteiger partial charge in [0.1, 0.15) is 0 Å². The van der Waals surface area contributed by atoms with E-state index in [2.05, 4.69) is 13.5 Å². The minimum absolute atomic E-state index is 0.0266. The molecule has 1 aliphatic heterocycles. The number of ether oxygens (including phenoxy) is 1. The summed E-state index contributed by atoms with van der Waals surface area (Å²) in [6, 6.07) is 0. The first-order valence-corrected chi connectivity index (χ1v) is 5.68. The van der Waals surface area contributed by atoms with Gasteiger partial charge in [0.05, 0.1) is 12.2 Å². The summed E-state index contributed by atoms with van der Waals surface area (Å²) in [7, 11) is 0. The standard InChI is InChI=1S/C10H16Cl2O/c1-3-7-5-9(12)8(6-11)10(4-2)13-7/h4,7-10H,2-3,5-6H2,1H3/t7-,8-,9+,10+/m0/s1. The molecule has 1 nitrogen and oxygen atoms in total. The average molecular weight is 223 g/mol. The van der Waals surface area contributed by atoms with Crippen LogP contribution >= 0.6 is 23.2 Å². The molecule has 0 aliphatic carbocycles. The zero-order valence-electron chi connectivity index (χ0n) is 7.88. The zero-order valence-corrected chi connectivity index (χ0v) is 9.39. The summed E-state index contributed by atoms with van der Waals surface area (Å²) in [5, 5.41) is 0.124. The van der Waals surface area contributed by atoms with Crippen molar-refractivity contribution in [3.05, 3.63) is 12.7 Å². The molecule has 1 fully saturated rings. The van der Waals surface area contributed by atoms with Gasteiger partial charge in [-0.05, 0) is 12.8 Å². The Balaban J connectivity index is 2.62. The molecule has 0 amide bonds. The lowest BCUT2D eigenvalue weighted by molar-refractivity contribution is -0.0513. The molecule has 1 saturated heterocycles. The van der Waals surface area contributed by atoms with Crippen LogP contribution in [0.1, 0.15) is 19.8 Å². The Hall–Kier alpha value is 0.280. The van der Waals surface area contributed by atoms with Crippen molar-refractivity contribution in [2.24, 2.45) is 5.92 Å². The molecule has 76 valence electrons. The third-order valence-corrected chi connectivity index (χ3v) is 3.45. The normalized spacial score (nSPS) is 40.2. The highest BCUT2D eigenvalue weighted by atomic mass is 35.5. The van der Waals surface area contributed by atoms with Gasteiger partial charge in [0.2, 0.25) is 0 Å². The minimum Gasteiger partial charge on any atom is -0.371 e. The van der Waals surface area contributed by atoms with Gasteiger partial charge in [-0.15, -0.1) is 29.8 Å². The lowest BCUT2D eigenvalue weighted by atomic mass is 9.92. The Labute approximate surface area is 90.0 Å². The van der Waals surface area contributed by atoms with Crippen LogP contribution in [0.5, 0.6) is 0 Å². The van der Waals surface area contributed by atoms with Crippen molar-refractivity contribution >= 4 is 23.2 Å². The van der Waals surface area contributed by atoms with Crippen molar-refractivity contribution in [1.82, 2.24) is 0 Å². The van der Waals surface area contributed by atoms with Gasteiger partial charge in [0.15, 0.2) is 0 Å². The summed E-state index contributed by atoms with van der Waals surface area (Å²) in [6.45, 7) is 5.85. The summed E-state index contributed by atoms with van der Waals surface area (Å²) in [5.74, 6) is 0.755. The molecule has 1 heterocycles. The Morgan fingerprint density at radius 1 is 1.62 bits per heavy atom. The molecular formula is C10H16Cl2O. The van der Waals surface area contributed by atoms with Gasteiger partial charge in [-0.1, -0.05) is 13.0 Å². The van der Waals surface area contributed by atoms with Gasteiger partial charge in [0, 0.05) is 17.2 Å². The second kappa shape index (κ2) is 5.23. The lowest BCUT2D eigenvalue weighted by Gasteiger charge is -2.37. The first kappa shape index (κ1) is 11.4. The molecule has 0 aromatic carbocycles. The van der Waals surface area contributed by atoms with Crippen LogP contribution in [0.2, 0.25) is 0 Å². The van der Waals surface area contributed by atoms with Crippen LogP contribution in [0.25, 0.3) is 0 Å². The maximum atomic E-state index is 6.22. The predicted molar refractivity (Wildman–Crippen MR) is 57.6 cm³/mol. The van der Waals surface area contributed by atoms with Crippen LogP contribution < -0.4 is 0 Å². The molecular weight excluding hydrogens is 207 g/mol. The van der Waals surface area contributed by atoms with E-state index in [-0.39, 0.29) is 23.5 Å². The fourth-order valence-corrected chi connectivity index (χ4v) is 2.60. The number of hydrogen-bond acceptors (Lipinski definition) is 1. The summed E-state index contributed by atoms with van der Waals surface area (Å²) < 4.78 is 5.77. The maximum Gasteiger partial charge on any atom is 0.0810 e. The van der Waals surface area contributed by atoms with Crippen molar-refractivity contribution in [1.29, 1.82) is 0 Å². The molecule has 1 rings (SSSR count). The van der Waals surface area contributed by atoms with E-state index in [0.717, 1.165) is 12.8 Å². The van der Waals surface area contributed by atoms with E-state index in [1.54, 1.807) is 0 Å². The van der Waals surface area contributed by atoms with Crippen molar-refractivity contribution in [3.63, 3.8) is 0 Å². The fourth-order valence-electron chi connectivity index (χ4n) is 1.69. The van der Waals surface area contributed by atoms with E-state index in [4.69, 9.17) is 27.9 Å². The highest BCUT2D eigenvalue weighted by Crippen LogP contribution is 2.32. The van der Waals surface area contributed by atoms with Crippen LogP contribution in [-0.4, -0.2) is 23.5 Å². The molecule has 0 spiro atoms. The topological polar surface area (TPSA) is 9.23 Å². The highest BCUT2D eigenvalue weighted by molar-refractivity contribution is 6.22. The van der Waals surface area contributed by atoms with Crippen molar-refractivity contribution in [2.75, 3.05) is 5.88 Å². The van der Waals surface area contributed by atoms with Crippen LogP contribution in [0.4, 0.5) is 0 Å². The molecule has 13 heavy (non-hydrogen) atoms. The summed E-state index contributed by atoms with van der Waals surface area (Å²) in [6.07, 6.45) is 4.01. The monoisotopic (exact) mass is 222 g/mol. The number of rotatable bonds is 3. The lowest BCUT2D eigenvalue weighted by Crippen LogP contribution is -2.41. The van der Waals surface area contributed by atoms with E-state index in [0.29, 0.717) is 5.88 Å². The Morgan fingerprint density at radius 3 is 2.77 bits per heavy atom. The van der Waals surface area contributed by atoms with E-state index in [1.807, 2.05) is 6.08 Å². The fraction of sp³-hybridized carbons (Fsp3) is 0.800. The van der Waals surface area contributed by atoms with E-state index >= 15 is 0 Å². The largest absolute Gasteiger partial charge is 0.371 e. The Bertz CT molecular complexity index is 172. The van der Waals surface area contributed by atoms with Crippen molar-refractivity contribution in [2.45, 2.75) is 37.4 Å². The van der Waals surface area contributed by atoms with E-state index in [1.165, 1.54) is 0 Å². The second-order valence-electron chi connectivity index (χ2n) is 3.44. The Morgan fingerprint density at radius 2 is 2.31 bits per heavy atom. The smallest absolute Gasteiger partial charge is 0.0810 e. The summed E-state index contributed by atoms with van der Waals surface area (Å²) in [5.41, 5.74) is 0. The molecule has 4 atom stereocenters. The van der Waals surface area contributed by atoms with Crippen LogP contribution in [0.15, 0.2) is 12.7 Å². The quantitative estimate of drug-likeness (QED) is 0.527. The third-order valence-electron chi connectivity index (χ3n) is 2.59. The molecule has 0 N–H and O–H groups in total. The second-order valence-corrected chi connectivity index (χ2v) is 4.31. The Kier molecular flexibility index (Phi) is 4.57. The number of halogens is 2. The van der Waals surface area contributed by atoms with Gasteiger partial charge in [0.25, 0.3) is 0 Å². The van der Waals surface area contributed by atoms with E-state index < -0.39 is 0 Å². The average Bonchev–Trinajstić information content (AvgIpc) is 2.16. The molecule has 0 saturated carbocycles. The van der Waals surface area contributed by atoms with Gasteiger partial charge >= 0.3 is 0 Å². The first-order chi connectivity index (χ1) is 6.22. The first-order valence-electron chi connectivity index (χ1n) is 4.71. The zero-order chi connectivity index (χ0) is 9.84. The molecule has 1 aliphatic rings. The molecule has 0 bridgehead atoms.